The van der Waals surface area contributed by atoms with E-state index in [9.17, 15) is 4.79 Å². The summed E-state index contributed by atoms with van der Waals surface area (Å²) in [5.74, 6) is 0.522. The zero-order valence-corrected chi connectivity index (χ0v) is 9.90. The molecule has 1 rings (SSSR count). The molecule has 0 fully saturated rings. The lowest BCUT2D eigenvalue weighted by molar-refractivity contribution is -0.120. The molecule has 90 valence electrons. The normalized spacial score (nSPS) is 9.41. The molecule has 0 heterocycles. The largest absolute Gasteiger partial charge is 0.492 e. The Morgan fingerprint density at radius 1 is 1.41 bits per heavy atom. The second-order valence-corrected chi connectivity index (χ2v) is 3.53. The number of carbonyl (C=O) groups excluding carboxylic acids is 1. The summed E-state index contributed by atoms with van der Waals surface area (Å²) in [6.07, 6.45) is 0.899. The summed E-state index contributed by atoms with van der Waals surface area (Å²) in [4.78, 5) is 10.9. The molecule has 4 nitrogen and oxygen atoms in total. The van der Waals surface area contributed by atoms with Gasteiger partial charge >= 0.3 is 0 Å². The molecular formula is C13H16N2O2. The minimum atomic E-state index is -0.266. The molecule has 0 saturated carbocycles. The first-order valence-electron chi connectivity index (χ1n) is 5.61. The number of nitriles is 1. The molecule has 17 heavy (non-hydrogen) atoms. The van der Waals surface area contributed by atoms with Crippen molar-refractivity contribution in [3.63, 3.8) is 0 Å². The van der Waals surface area contributed by atoms with Crippen molar-refractivity contribution in [2.24, 2.45) is 0 Å². The molecule has 0 atom stereocenters. The molecule has 1 aromatic rings. The molecule has 0 spiro atoms. The minimum absolute atomic E-state index is 0.106. The van der Waals surface area contributed by atoms with Crippen LogP contribution in [0.4, 0.5) is 0 Å². The van der Waals surface area contributed by atoms with Crippen LogP contribution >= 0.6 is 0 Å². The van der Waals surface area contributed by atoms with Gasteiger partial charge in [0, 0.05) is 0 Å². The average molecular weight is 232 g/mol. The Labute approximate surface area is 101 Å². The maximum absolute atomic E-state index is 10.9. The van der Waals surface area contributed by atoms with Crippen LogP contribution in [0.25, 0.3) is 0 Å². The summed E-state index contributed by atoms with van der Waals surface area (Å²) >= 11 is 0. The number of amides is 1. The molecule has 0 saturated heterocycles. The van der Waals surface area contributed by atoms with Crippen LogP contribution in [0.1, 0.15) is 18.9 Å². The monoisotopic (exact) mass is 232 g/mol. The van der Waals surface area contributed by atoms with Gasteiger partial charge < -0.3 is 10.1 Å². The number of aryl methyl sites for hydroxylation is 1. The molecule has 1 amide bonds. The van der Waals surface area contributed by atoms with Crippen LogP contribution in [0, 0.1) is 11.3 Å². The predicted molar refractivity (Wildman–Crippen MR) is 64.6 cm³/mol. The molecule has 0 aliphatic carbocycles. The van der Waals surface area contributed by atoms with E-state index in [4.69, 9.17) is 10.00 Å². The summed E-state index contributed by atoms with van der Waals surface area (Å²) in [7, 11) is 0. The van der Waals surface area contributed by atoms with Crippen LogP contribution in [0.15, 0.2) is 24.3 Å². The molecular weight excluding hydrogens is 216 g/mol. The molecule has 0 bridgehead atoms. The van der Waals surface area contributed by atoms with E-state index < -0.39 is 0 Å². The van der Waals surface area contributed by atoms with Gasteiger partial charge in [0.2, 0.25) is 5.91 Å². The highest BCUT2D eigenvalue weighted by molar-refractivity contribution is 5.77. The van der Waals surface area contributed by atoms with E-state index in [1.165, 1.54) is 5.56 Å². The predicted octanol–water partition coefficient (Wildman–Crippen LogP) is 1.66. The lowest BCUT2D eigenvalue weighted by atomic mass is 10.2. The fraction of sp³-hybridized carbons (Fsp3) is 0.385. The van der Waals surface area contributed by atoms with Gasteiger partial charge in [0.05, 0.1) is 12.6 Å². The van der Waals surface area contributed by atoms with Gasteiger partial charge in [-0.2, -0.15) is 5.26 Å². The second-order valence-electron chi connectivity index (χ2n) is 3.53. The highest BCUT2D eigenvalue weighted by atomic mass is 16.5. The van der Waals surface area contributed by atoms with Gasteiger partial charge in [0.15, 0.2) is 0 Å². The third-order valence-electron chi connectivity index (χ3n) is 2.26. The highest BCUT2D eigenvalue weighted by Gasteiger charge is 1.98. The van der Waals surface area contributed by atoms with Crippen molar-refractivity contribution in [1.29, 1.82) is 5.26 Å². The molecule has 0 radical (unpaired) electrons. The number of carbonyl (C=O) groups is 1. The Morgan fingerprint density at radius 2 is 2.12 bits per heavy atom. The van der Waals surface area contributed by atoms with Crippen molar-refractivity contribution in [2.75, 3.05) is 13.2 Å². The van der Waals surface area contributed by atoms with Crippen molar-refractivity contribution < 1.29 is 9.53 Å². The molecule has 1 aromatic carbocycles. The fourth-order valence-corrected chi connectivity index (χ4v) is 1.32. The maximum Gasteiger partial charge on any atom is 0.234 e. The number of rotatable bonds is 6. The quantitative estimate of drug-likeness (QED) is 0.759. The smallest absolute Gasteiger partial charge is 0.234 e. The number of nitrogens with one attached hydrogen (secondary N) is 1. The number of nitrogens with zero attached hydrogens (tertiary/aromatic N) is 1. The first kappa shape index (κ1) is 13.0. The van der Waals surface area contributed by atoms with Gasteiger partial charge in [-0.25, -0.2) is 0 Å². The van der Waals surface area contributed by atoms with E-state index in [1.54, 1.807) is 6.07 Å². The van der Waals surface area contributed by atoms with Gasteiger partial charge in [-0.05, 0) is 24.1 Å². The Kier molecular flexibility index (Phi) is 5.59. The summed E-state index contributed by atoms with van der Waals surface area (Å²) in [5, 5.41) is 10.9. The van der Waals surface area contributed by atoms with E-state index in [2.05, 4.69) is 12.2 Å². The number of hydrogen-bond donors (Lipinski definition) is 1. The topological polar surface area (TPSA) is 62.1 Å². The number of ether oxygens (including phenoxy) is 1. The van der Waals surface area contributed by atoms with Crippen molar-refractivity contribution in [2.45, 2.75) is 19.8 Å². The van der Waals surface area contributed by atoms with Crippen LogP contribution in [-0.2, 0) is 11.2 Å². The molecule has 4 heteroatoms. The van der Waals surface area contributed by atoms with Crippen LogP contribution in [0.5, 0.6) is 5.75 Å². The first-order valence-corrected chi connectivity index (χ1v) is 5.61. The van der Waals surface area contributed by atoms with Gasteiger partial charge in [0.1, 0.15) is 18.8 Å². The molecule has 0 aliphatic rings. The van der Waals surface area contributed by atoms with Crippen molar-refractivity contribution >= 4 is 5.91 Å². The maximum atomic E-state index is 10.9. The molecule has 0 aliphatic heterocycles. The van der Waals surface area contributed by atoms with E-state index in [0.29, 0.717) is 13.2 Å². The molecule has 0 aromatic heterocycles. The van der Waals surface area contributed by atoms with Crippen LogP contribution in [-0.4, -0.2) is 19.1 Å². The summed E-state index contributed by atoms with van der Waals surface area (Å²) < 4.78 is 5.44. The van der Waals surface area contributed by atoms with Crippen LogP contribution < -0.4 is 10.1 Å². The van der Waals surface area contributed by atoms with E-state index in [1.807, 2.05) is 24.3 Å². The number of benzene rings is 1. The fourth-order valence-electron chi connectivity index (χ4n) is 1.32. The Balaban J connectivity index is 2.22. The lowest BCUT2D eigenvalue weighted by Gasteiger charge is -2.07. The summed E-state index contributed by atoms with van der Waals surface area (Å²) in [5.41, 5.74) is 1.26. The van der Waals surface area contributed by atoms with Crippen molar-refractivity contribution in [3.8, 4) is 11.8 Å². The van der Waals surface area contributed by atoms with E-state index in [0.717, 1.165) is 12.2 Å². The van der Waals surface area contributed by atoms with Crippen molar-refractivity contribution in [1.82, 2.24) is 5.32 Å². The molecule has 0 unspecified atom stereocenters. The van der Waals surface area contributed by atoms with Gasteiger partial charge in [-0.3, -0.25) is 4.79 Å². The van der Waals surface area contributed by atoms with Crippen LogP contribution in [0.3, 0.4) is 0 Å². The standard InChI is InChI=1S/C13H16N2O2/c1-2-11-3-5-12(6-4-11)17-10-9-15-13(16)7-8-14/h3-6H,2,7,9-10H2,1H3,(H,15,16). The Morgan fingerprint density at radius 3 is 2.71 bits per heavy atom. The SMILES string of the molecule is CCc1ccc(OCCNC(=O)CC#N)cc1. The Hall–Kier alpha value is -2.02. The van der Waals surface area contributed by atoms with Gasteiger partial charge in [-0.15, -0.1) is 0 Å². The number of hydrogen-bond acceptors (Lipinski definition) is 3. The van der Waals surface area contributed by atoms with E-state index in [-0.39, 0.29) is 12.3 Å². The van der Waals surface area contributed by atoms with Crippen molar-refractivity contribution in [3.05, 3.63) is 29.8 Å². The van der Waals surface area contributed by atoms with Gasteiger partial charge in [-0.1, -0.05) is 19.1 Å². The molecule has 1 N–H and O–H groups in total. The summed E-state index contributed by atoms with van der Waals surface area (Å²) in [6, 6.07) is 9.65. The minimum Gasteiger partial charge on any atom is -0.492 e. The summed E-state index contributed by atoms with van der Waals surface area (Å²) in [6.45, 7) is 2.92. The van der Waals surface area contributed by atoms with Crippen LogP contribution in [0.2, 0.25) is 0 Å². The lowest BCUT2D eigenvalue weighted by Crippen LogP contribution is -2.27. The van der Waals surface area contributed by atoms with Gasteiger partial charge in [0.25, 0.3) is 0 Å². The van der Waals surface area contributed by atoms with E-state index >= 15 is 0 Å². The highest BCUT2D eigenvalue weighted by Crippen LogP contribution is 2.11. The average Bonchev–Trinajstić information content (AvgIpc) is 2.36. The third-order valence-corrected chi connectivity index (χ3v) is 2.26. The zero-order valence-electron chi connectivity index (χ0n) is 9.90. The third kappa shape index (κ3) is 5.03. The first-order chi connectivity index (χ1) is 8.26. The Bertz CT molecular complexity index is 393. The zero-order chi connectivity index (χ0) is 12.5. The second kappa shape index (κ2) is 7.29.